The molecule has 0 aromatic heterocycles. The lowest BCUT2D eigenvalue weighted by atomic mass is 10.0. The second kappa shape index (κ2) is 5.51. The van der Waals surface area contributed by atoms with Gasteiger partial charge in [0.1, 0.15) is 6.10 Å². The number of benzene rings is 1. The third-order valence-corrected chi connectivity index (χ3v) is 5.97. The van der Waals surface area contributed by atoms with Gasteiger partial charge in [0.25, 0.3) is 0 Å². The van der Waals surface area contributed by atoms with Crippen molar-refractivity contribution >= 4 is 15.8 Å². The smallest absolute Gasteiger partial charge is 0.416 e. The Morgan fingerprint density at radius 2 is 1.91 bits per heavy atom. The van der Waals surface area contributed by atoms with Crippen LogP contribution in [0.25, 0.3) is 0 Å². The summed E-state index contributed by atoms with van der Waals surface area (Å²) in [6, 6.07) is 5.20. The van der Waals surface area contributed by atoms with Gasteiger partial charge in [0.2, 0.25) is 0 Å². The van der Waals surface area contributed by atoms with E-state index in [2.05, 4.69) is 0 Å². The summed E-state index contributed by atoms with van der Waals surface area (Å²) in [4.78, 5) is 12.0. The molecule has 23 heavy (non-hydrogen) atoms. The van der Waals surface area contributed by atoms with Gasteiger partial charge in [0, 0.05) is 0 Å². The standard InChI is InChI=1S/C15H15F3O4S/c16-15(17,18)13-4-2-1-3-10(13)11-7-12(11)14(19)22-9-5-6-23(20,21)8-9/h1-4,9,11-12H,5-8H2/t9-,11+,12-/m1/s1. The molecule has 1 saturated heterocycles. The number of ether oxygens (including phenoxy) is 1. The molecule has 4 nitrogen and oxygen atoms in total. The van der Waals surface area contributed by atoms with Crippen molar-refractivity contribution < 1.29 is 31.1 Å². The molecular weight excluding hydrogens is 333 g/mol. The Morgan fingerprint density at radius 3 is 2.52 bits per heavy atom. The Morgan fingerprint density at radius 1 is 1.22 bits per heavy atom. The quantitative estimate of drug-likeness (QED) is 0.788. The molecule has 8 heteroatoms. The van der Waals surface area contributed by atoms with Gasteiger partial charge in [-0.25, -0.2) is 8.42 Å². The zero-order valence-electron chi connectivity index (χ0n) is 12.0. The fourth-order valence-corrected chi connectivity index (χ4v) is 4.57. The lowest BCUT2D eigenvalue weighted by Gasteiger charge is -2.13. The van der Waals surface area contributed by atoms with Crippen LogP contribution in [0.4, 0.5) is 13.2 Å². The number of carbonyl (C=O) groups is 1. The number of alkyl halides is 3. The predicted molar refractivity (Wildman–Crippen MR) is 75.4 cm³/mol. The van der Waals surface area contributed by atoms with E-state index in [1.54, 1.807) is 0 Å². The molecular formula is C15H15F3O4S. The van der Waals surface area contributed by atoms with Crippen molar-refractivity contribution in [3.63, 3.8) is 0 Å². The van der Waals surface area contributed by atoms with Gasteiger partial charge in [-0.15, -0.1) is 0 Å². The second-order valence-electron chi connectivity index (χ2n) is 6.00. The Bertz CT molecular complexity index is 726. The zero-order valence-corrected chi connectivity index (χ0v) is 12.9. The van der Waals surface area contributed by atoms with Crippen LogP contribution in [0.5, 0.6) is 0 Å². The minimum atomic E-state index is -4.47. The highest BCUT2D eigenvalue weighted by Crippen LogP contribution is 2.51. The molecule has 3 atom stereocenters. The summed E-state index contributed by atoms with van der Waals surface area (Å²) in [5.41, 5.74) is -0.635. The SMILES string of the molecule is O=C(O[C@@H]1CCS(=O)(=O)C1)[C@@H]1C[C@H]1c1ccccc1C(F)(F)F. The number of halogens is 3. The molecule has 0 spiro atoms. The van der Waals surface area contributed by atoms with Crippen LogP contribution in [0.15, 0.2) is 24.3 Å². The monoisotopic (exact) mass is 348 g/mol. The number of esters is 1. The average Bonchev–Trinajstić information content (AvgIpc) is 3.17. The van der Waals surface area contributed by atoms with Crippen LogP contribution in [0, 0.1) is 5.92 Å². The number of hydrogen-bond donors (Lipinski definition) is 0. The first-order chi connectivity index (χ1) is 10.7. The van der Waals surface area contributed by atoms with Crippen LogP contribution in [-0.4, -0.2) is 32.0 Å². The van der Waals surface area contributed by atoms with Crippen LogP contribution < -0.4 is 0 Å². The van der Waals surface area contributed by atoms with Crippen molar-refractivity contribution in [3.05, 3.63) is 35.4 Å². The van der Waals surface area contributed by atoms with Gasteiger partial charge in [-0.2, -0.15) is 13.2 Å². The fourth-order valence-electron chi connectivity index (χ4n) is 2.98. The van der Waals surface area contributed by atoms with Crippen molar-refractivity contribution in [1.82, 2.24) is 0 Å². The van der Waals surface area contributed by atoms with Crippen molar-refractivity contribution in [2.75, 3.05) is 11.5 Å². The summed E-state index contributed by atoms with van der Waals surface area (Å²) in [5, 5.41) is 0. The van der Waals surface area contributed by atoms with Crippen molar-refractivity contribution in [1.29, 1.82) is 0 Å². The maximum atomic E-state index is 13.0. The van der Waals surface area contributed by atoms with Crippen LogP contribution in [0.2, 0.25) is 0 Å². The van der Waals surface area contributed by atoms with Crippen molar-refractivity contribution in [2.45, 2.75) is 31.0 Å². The highest BCUT2D eigenvalue weighted by molar-refractivity contribution is 7.91. The van der Waals surface area contributed by atoms with Gasteiger partial charge in [0.05, 0.1) is 23.0 Å². The van der Waals surface area contributed by atoms with E-state index >= 15 is 0 Å². The molecule has 2 aliphatic rings. The second-order valence-corrected chi connectivity index (χ2v) is 8.22. The largest absolute Gasteiger partial charge is 0.461 e. The predicted octanol–water partition coefficient (Wildman–Crippen LogP) is 2.54. The fraction of sp³-hybridized carbons (Fsp3) is 0.533. The van der Waals surface area contributed by atoms with Crippen molar-refractivity contribution in [2.24, 2.45) is 5.92 Å². The Labute approximate surface area is 131 Å². The van der Waals surface area contributed by atoms with Crippen LogP contribution in [-0.2, 0) is 25.5 Å². The summed E-state index contributed by atoms with van der Waals surface area (Å²) in [6.45, 7) is 0. The van der Waals surface area contributed by atoms with Gasteiger partial charge < -0.3 is 4.74 Å². The van der Waals surface area contributed by atoms with Gasteiger partial charge in [-0.3, -0.25) is 4.79 Å². The molecule has 1 aromatic rings. The normalized spacial score (nSPS) is 29.3. The third kappa shape index (κ3) is 3.52. The highest BCUT2D eigenvalue weighted by Gasteiger charge is 2.49. The summed E-state index contributed by atoms with van der Waals surface area (Å²) >= 11 is 0. The van der Waals surface area contributed by atoms with Gasteiger partial charge in [-0.05, 0) is 30.4 Å². The lowest BCUT2D eigenvalue weighted by molar-refractivity contribution is -0.149. The third-order valence-electron chi connectivity index (χ3n) is 4.23. The first-order valence-corrected chi connectivity index (χ1v) is 9.06. The molecule has 1 aromatic carbocycles. The van der Waals surface area contributed by atoms with E-state index in [0.29, 0.717) is 6.42 Å². The molecule has 1 aliphatic heterocycles. The molecule has 0 N–H and O–H groups in total. The van der Waals surface area contributed by atoms with E-state index < -0.39 is 45.5 Å². The van der Waals surface area contributed by atoms with E-state index in [1.807, 2.05) is 0 Å². The molecule has 1 aliphatic carbocycles. The summed E-state index contributed by atoms with van der Waals surface area (Å²) in [5.74, 6) is -1.96. The number of carbonyl (C=O) groups excluding carboxylic acids is 1. The Kier molecular flexibility index (Phi) is 3.90. The topological polar surface area (TPSA) is 60.4 Å². The molecule has 2 fully saturated rings. The molecule has 1 heterocycles. The molecule has 1 saturated carbocycles. The molecule has 126 valence electrons. The Balaban J connectivity index is 1.67. The number of hydrogen-bond acceptors (Lipinski definition) is 4. The van der Waals surface area contributed by atoms with Crippen LogP contribution >= 0.6 is 0 Å². The molecule has 0 unspecified atom stereocenters. The maximum absolute atomic E-state index is 13.0. The molecule has 0 amide bonds. The van der Waals surface area contributed by atoms with Gasteiger partial charge >= 0.3 is 12.1 Å². The first kappa shape index (κ1) is 16.3. The minimum Gasteiger partial charge on any atom is -0.461 e. The Hall–Kier alpha value is -1.57. The average molecular weight is 348 g/mol. The van der Waals surface area contributed by atoms with Crippen molar-refractivity contribution in [3.8, 4) is 0 Å². The summed E-state index contributed by atoms with van der Waals surface area (Å²) in [7, 11) is -3.16. The highest BCUT2D eigenvalue weighted by atomic mass is 32.2. The molecule has 0 radical (unpaired) electrons. The summed E-state index contributed by atoms with van der Waals surface area (Å²) in [6.07, 6.45) is -4.59. The van der Waals surface area contributed by atoms with E-state index in [1.165, 1.54) is 18.2 Å². The maximum Gasteiger partial charge on any atom is 0.416 e. The van der Waals surface area contributed by atoms with E-state index in [0.717, 1.165) is 6.07 Å². The van der Waals surface area contributed by atoms with Crippen LogP contribution in [0.1, 0.15) is 29.9 Å². The lowest BCUT2D eigenvalue weighted by Crippen LogP contribution is -2.21. The van der Waals surface area contributed by atoms with Gasteiger partial charge in [-0.1, -0.05) is 18.2 Å². The summed E-state index contributed by atoms with van der Waals surface area (Å²) < 4.78 is 66.8. The first-order valence-electron chi connectivity index (χ1n) is 7.24. The number of rotatable bonds is 3. The minimum absolute atomic E-state index is 0.0179. The van der Waals surface area contributed by atoms with Crippen LogP contribution in [0.3, 0.4) is 0 Å². The zero-order chi connectivity index (χ0) is 16.8. The molecule has 3 rings (SSSR count). The molecule has 0 bridgehead atoms. The van der Waals surface area contributed by atoms with E-state index in [9.17, 15) is 26.4 Å². The van der Waals surface area contributed by atoms with E-state index in [4.69, 9.17) is 4.74 Å². The number of sulfone groups is 1. The van der Waals surface area contributed by atoms with Gasteiger partial charge in [0.15, 0.2) is 9.84 Å². The van der Waals surface area contributed by atoms with E-state index in [-0.39, 0.29) is 23.5 Å².